The van der Waals surface area contributed by atoms with Crippen LogP contribution in [0.5, 0.6) is 0 Å². The molecule has 13 heavy (non-hydrogen) atoms. The van der Waals surface area contributed by atoms with E-state index in [4.69, 9.17) is 17.5 Å². The number of H-pyrrole nitrogens is 1. The van der Waals surface area contributed by atoms with E-state index < -0.39 is 0 Å². The lowest BCUT2D eigenvalue weighted by molar-refractivity contribution is 1.34. The maximum Gasteiger partial charge on any atom is 0.101 e. The number of hydrogen-bond donors (Lipinski definition) is 2. The molecule has 0 fully saturated rings. The number of nitrogens with one attached hydrogen (secondary N) is 1. The number of nitriles is 1. The first kappa shape index (κ1) is 10.0. The Balaban J connectivity index is 3.07. The summed E-state index contributed by atoms with van der Waals surface area (Å²) in [6.45, 7) is 1.96. The summed E-state index contributed by atoms with van der Waals surface area (Å²) in [7, 11) is 0. The van der Waals surface area contributed by atoms with Crippen LogP contribution in [-0.2, 0) is 0 Å². The molecule has 1 N–H and O–H groups in total. The summed E-state index contributed by atoms with van der Waals surface area (Å²) in [5.74, 6) is 0. The minimum absolute atomic E-state index is 0.316. The maximum atomic E-state index is 8.72. The number of nitrogens with zero attached hydrogens (tertiary/aromatic N) is 1. The smallest absolute Gasteiger partial charge is 0.101 e. The van der Waals surface area contributed by atoms with Crippen molar-refractivity contribution < 1.29 is 0 Å². The van der Waals surface area contributed by atoms with Gasteiger partial charge in [0.1, 0.15) is 6.07 Å². The molecule has 0 saturated heterocycles. The minimum atomic E-state index is 0.316. The van der Waals surface area contributed by atoms with Gasteiger partial charge < -0.3 is 4.98 Å². The first-order valence-electron chi connectivity index (χ1n) is 3.64. The van der Waals surface area contributed by atoms with Gasteiger partial charge in [0.05, 0.1) is 9.77 Å². The Labute approximate surface area is 87.7 Å². The van der Waals surface area contributed by atoms with Gasteiger partial charge in [0.25, 0.3) is 0 Å². The SMILES string of the molecule is Cc1cc[nH]c1/C=C(/C#N)C(=S)S. The van der Waals surface area contributed by atoms with Crippen LogP contribution in [0.25, 0.3) is 6.08 Å². The topological polar surface area (TPSA) is 39.6 Å². The lowest BCUT2D eigenvalue weighted by atomic mass is 10.2. The maximum absolute atomic E-state index is 8.72. The Morgan fingerprint density at radius 1 is 1.77 bits per heavy atom. The van der Waals surface area contributed by atoms with Crippen molar-refractivity contribution in [3.8, 4) is 6.07 Å². The summed E-state index contributed by atoms with van der Waals surface area (Å²) >= 11 is 8.74. The molecule has 4 heteroatoms. The van der Waals surface area contributed by atoms with E-state index in [-0.39, 0.29) is 0 Å². The van der Waals surface area contributed by atoms with Gasteiger partial charge >= 0.3 is 0 Å². The highest BCUT2D eigenvalue weighted by atomic mass is 32.1. The summed E-state index contributed by atoms with van der Waals surface area (Å²) in [5.41, 5.74) is 2.38. The molecule has 0 unspecified atom stereocenters. The van der Waals surface area contributed by atoms with E-state index in [0.29, 0.717) is 9.77 Å². The summed E-state index contributed by atoms with van der Waals surface area (Å²) in [6.07, 6.45) is 3.52. The number of thiol groups is 1. The van der Waals surface area contributed by atoms with Crippen molar-refractivity contribution in [3.63, 3.8) is 0 Å². The van der Waals surface area contributed by atoms with Gasteiger partial charge in [-0.15, -0.1) is 12.6 Å². The summed E-state index contributed by atoms with van der Waals surface area (Å²) < 4.78 is 0.316. The second-order valence-corrected chi connectivity index (χ2v) is 3.71. The molecule has 1 aromatic heterocycles. The molecule has 1 heterocycles. The molecule has 0 spiro atoms. The van der Waals surface area contributed by atoms with Crippen molar-refractivity contribution in [3.05, 3.63) is 29.1 Å². The Morgan fingerprint density at radius 3 is 2.85 bits per heavy atom. The first-order valence-corrected chi connectivity index (χ1v) is 4.49. The van der Waals surface area contributed by atoms with Gasteiger partial charge in [-0.2, -0.15) is 5.26 Å². The van der Waals surface area contributed by atoms with Gasteiger partial charge in [0.15, 0.2) is 0 Å². The monoisotopic (exact) mass is 208 g/mol. The number of rotatable bonds is 2. The summed E-state index contributed by atoms with van der Waals surface area (Å²) in [4.78, 5) is 3.00. The molecule has 0 aliphatic carbocycles. The van der Waals surface area contributed by atoms with Gasteiger partial charge in [0, 0.05) is 11.9 Å². The van der Waals surface area contributed by atoms with E-state index in [0.717, 1.165) is 11.3 Å². The van der Waals surface area contributed by atoms with Gasteiger partial charge in [0.2, 0.25) is 0 Å². The molecule has 0 aliphatic rings. The van der Waals surface area contributed by atoms with Crippen LogP contribution in [0.1, 0.15) is 11.3 Å². The Kier molecular flexibility index (Phi) is 3.29. The molecule has 0 saturated carbocycles. The molecule has 2 nitrogen and oxygen atoms in total. The van der Waals surface area contributed by atoms with E-state index in [9.17, 15) is 0 Å². The third kappa shape index (κ3) is 2.44. The van der Waals surface area contributed by atoms with Gasteiger partial charge in [-0.25, -0.2) is 0 Å². The fraction of sp³-hybridized carbons (Fsp3) is 0.111. The first-order chi connectivity index (χ1) is 6.15. The van der Waals surface area contributed by atoms with Gasteiger partial charge in [-0.05, 0) is 24.6 Å². The lowest BCUT2D eigenvalue weighted by Gasteiger charge is -1.93. The number of aromatic amines is 1. The second kappa shape index (κ2) is 4.26. The molecule has 0 aliphatic heterocycles. The van der Waals surface area contributed by atoms with Crippen molar-refractivity contribution >= 4 is 35.1 Å². The highest BCUT2D eigenvalue weighted by molar-refractivity contribution is 8.11. The molecule has 0 radical (unpaired) electrons. The minimum Gasteiger partial charge on any atom is -0.361 e. The normalized spacial score (nSPS) is 11.0. The molecular formula is C9H8N2S2. The summed E-state index contributed by atoms with van der Waals surface area (Å²) in [6, 6.07) is 3.92. The Morgan fingerprint density at radius 2 is 2.46 bits per heavy atom. The van der Waals surface area contributed by atoms with Crippen LogP contribution in [0.3, 0.4) is 0 Å². The fourth-order valence-corrected chi connectivity index (χ4v) is 1.12. The largest absolute Gasteiger partial charge is 0.361 e. The van der Waals surface area contributed by atoms with Crippen LogP contribution in [0.4, 0.5) is 0 Å². The van der Waals surface area contributed by atoms with E-state index in [1.54, 1.807) is 6.08 Å². The molecular weight excluding hydrogens is 200 g/mol. The highest BCUT2D eigenvalue weighted by Crippen LogP contribution is 2.11. The zero-order chi connectivity index (χ0) is 9.84. The van der Waals surface area contributed by atoms with E-state index in [1.807, 2.05) is 25.3 Å². The zero-order valence-electron chi connectivity index (χ0n) is 7.03. The van der Waals surface area contributed by atoms with Crippen LogP contribution in [0.2, 0.25) is 0 Å². The third-order valence-corrected chi connectivity index (χ3v) is 2.10. The van der Waals surface area contributed by atoms with Gasteiger partial charge in [-0.3, -0.25) is 0 Å². The molecule has 0 atom stereocenters. The Hall–Kier alpha value is -1.05. The van der Waals surface area contributed by atoms with Crippen molar-refractivity contribution in [2.75, 3.05) is 0 Å². The molecule has 1 rings (SSSR count). The second-order valence-electron chi connectivity index (χ2n) is 2.55. The van der Waals surface area contributed by atoms with E-state index >= 15 is 0 Å². The number of hydrogen-bond acceptors (Lipinski definition) is 2. The fourth-order valence-electron chi connectivity index (χ4n) is 0.902. The van der Waals surface area contributed by atoms with Gasteiger partial charge in [-0.1, -0.05) is 12.2 Å². The van der Waals surface area contributed by atoms with Crippen LogP contribution < -0.4 is 0 Å². The number of aromatic nitrogens is 1. The molecule has 0 bridgehead atoms. The van der Waals surface area contributed by atoms with Crippen molar-refractivity contribution in [1.29, 1.82) is 5.26 Å². The average Bonchev–Trinajstić information content (AvgIpc) is 2.46. The van der Waals surface area contributed by atoms with Crippen LogP contribution in [0, 0.1) is 18.3 Å². The molecule has 1 aromatic rings. The average molecular weight is 208 g/mol. The number of thiocarbonyl (C=S) groups is 1. The standard InChI is InChI=1S/C9H8N2S2/c1-6-2-3-11-8(6)4-7(5-10)9(12)13/h2-4,11H,1H3,(H,12,13)/b7-4-. The van der Waals surface area contributed by atoms with Crippen molar-refractivity contribution in [2.45, 2.75) is 6.92 Å². The van der Waals surface area contributed by atoms with E-state index in [2.05, 4.69) is 17.6 Å². The molecule has 66 valence electrons. The molecule has 0 amide bonds. The quantitative estimate of drug-likeness (QED) is 0.339. The van der Waals surface area contributed by atoms with Crippen LogP contribution in [0.15, 0.2) is 17.8 Å². The predicted octanol–water partition coefficient (Wildman–Crippen LogP) is 2.49. The van der Waals surface area contributed by atoms with E-state index in [1.165, 1.54) is 0 Å². The van der Waals surface area contributed by atoms with Crippen molar-refractivity contribution in [1.82, 2.24) is 4.98 Å². The molecule has 0 aromatic carbocycles. The lowest BCUT2D eigenvalue weighted by Crippen LogP contribution is -1.87. The van der Waals surface area contributed by atoms with Crippen LogP contribution in [-0.4, -0.2) is 9.18 Å². The highest BCUT2D eigenvalue weighted by Gasteiger charge is 2.01. The van der Waals surface area contributed by atoms with Crippen LogP contribution >= 0.6 is 24.8 Å². The number of aryl methyl sites for hydroxylation is 1. The third-order valence-electron chi connectivity index (χ3n) is 1.64. The van der Waals surface area contributed by atoms with Crippen molar-refractivity contribution in [2.24, 2.45) is 0 Å². The predicted molar refractivity (Wildman–Crippen MR) is 60.7 cm³/mol. The summed E-state index contributed by atoms with van der Waals surface area (Å²) in [5, 5.41) is 8.72. The zero-order valence-corrected chi connectivity index (χ0v) is 8.75. The Bertz CT molecular complexity index is 396.